The number of carboxylic acid groups (broad SMARTS) is 1. The zero-order valence-electron chi connectivity index (χ0n) is 5.22. The van der Waals surface area contributed by atoms with Gasteiger partial charge in [-0.2, -0.15) is 0 Å². The van der Waals surface area contributed by atoms with Gasteiger partial charge in [0.1, 0.15) is 11.1 Å². The number of hydrogen-bond donors (Lipinski definition) is 3. The number of aliphatic carboxylic acids is 1. The summed E-state index contributed by atoms with van der Waals surface area (Å²) in [7, 11) is 0. The van der Waals surface area contributed by atoms with Crippen molar-refractivity contribution >= 4 is 5.97 Å². The van der Waals surface area contributed by atoms with Crippen LogP contribution in [0, 0.1) is 11.1 Å². The summed E-state index contributed by atoms with van der Waals surface area (Å²) in [5.41, 5.74) is 11.0. The van der Waals surface area contributed by atoms with Gasteiger partial charge in [-0.1, -0.05) is 6.92 Å². The highest BCUT2D eigenvalue weighted by Crippen LogP contribution is 1.82. The Morgan fingerprint density at radius 1 is 1.67 bits per heavy atom. The molecule has 0 heterocycles. The van der Waals surface area contributed by atoms with Crippen molar-refractivity contribution in [3.63, 3.8) is 0 Å². The minimum atomic E-state index is -0.711. The van der Waals surface area contributed by atoms with Gasteiger partial charge >= 0.3 is 5.97 Å². The number of nitrogens with zero attached hydrogens (tertiary/aromatic N) is 1. The average Bonchev–Trinajstić information content (AvgIpc) is 1.67. The van der Waals surface area contributed by atoms with E-state index in [1.807, 2.05) is 11.8 Å². The van der Waals surface area contributed by atoms with Crippen molar-refractivity contribution < 1.29 is 9.90 Å². The fourth-order valence-corrected chi connectivity index (χ4v) is 0.214. The summed E-state index contributed by atoms with van der Waals surface area (Å²) in [5.74, 6) is -0.711. The normalized spacial score (nSPS) is 6.33. The van der Waals surface area contributed by atoms with Crippen LogP contribution in [0.1, 0.15) is 19.8 Å². The Balaban J connectivity index is 0. The highest BCUT2D eigenvalue weighted by molar-refractivity contribution is 5.66. The maximum Gasteiger partial charge on any atom is 0.303 e. The molecule has 3 N–H and O–H groups in total. The van der Waals surface area contributed by atoms with Gasteiger partial charge in [0.2, 0.25) is 4.91 Å². The SMILES string of the molecule is CCCC(=O)O.N=[N+]=N. The lowest BCUT2D eigenvalue weighted by Crippen LogP contribution is -1.90. The summed E-state index contributed by atoms with van der Waals surface area (Å²) in [4.78, 5) is 11.6. The van der Waals surface area contributed by atoms with Crippen LogP contribution in [-0.2, 0) is 4.79 Å². The van der Waals surface area contributed by atoms with E-state index in [0.717, 1.165) is 6.42 Å². The third kappa shape index (κ3) is 48.9. The van der Waals surface area contributed by atoms with Crippen LogP contribution in [-0.4, -0.2) is 11.1 Å². The summed E-state index contributed by atoms with van der Waals surface area (Å²) in [6, 6.07) is 0. The van der Waals surface area contributed by atoms with Crippen LogP contribution in [0.25, 0.3) is 0 Å². The maximum absolute atomic E-state index is 9.60. The van der Waals surface area contributed by atoms with Crippen molar-refractivity contribution in [1.82, 2.24) is 4.91 Å². The first-order valence-electron chi connectivity index (χ1n) is 2.44. The Labute approximate surface area is 52.7 Å². The van der Waals surface area contributed by atoms with Crippen LogP contribution in [0.4, 0.5) is 0 Å². The predicted molar refractivity (Wildman–Crippen MR) is 30.1 cm³/mol. The van der Waals surface area contributed by atoms with Crippen molar-refractivity contribution in [2.45, 2.75) is 19.8 Å². The smallest absolute Gasteiger partial charge is 0.303 e. The average molecular weight is 132 g/mol. The molecule has 5 nitrogen and oxygen atoms in total. The van der Waals surface area contributed by atoms with Crippen molar-refractivity contribution in [1.29, 1.82) is 11.1 Å². The number of nitrogens with one attached hydrogen (secondary N) is 2. The Morgan fingerprint density at radius 3 is 2.00 bits per heavy atom. The molecule has 0 aliphatic rings. The second-order valence-electron chi connectivity index (χ2n) is 1.26. The number of carboxylic acids is 1. The molecular formula is C4H10N3O2+. The van der Waals surface area contributed by atoms with Gasteiger partial charge in [0.05, 0.1) is 0 Å². The van der Waals surface area contributed by atoms with Gasteiger partial charge in [-0.15, -0.1) is 0 Å². The molecule has 0 saturated carbocycles. The van der Waals surface area contributed by atoms with E-state index >= 15 is 0 Å². The summed E-state index contributed by atoms with van der Waals surface area (Å²) in [6.07, 6.45) is 1.02. The van der Waals surface area contributed by atoms with E-state index in [-0.39, 0.29) is 0 Å². The first kappa shape index (κ1) is 10.7. The van der Waals surface area contributed by atoms with Gasteiger partial charge < -0.3 is 5.11 Å². The Hall–Kier alpha value is -1.22. The van der Waals surface area contributed by atoms with Crippen LogP contribution in [0.15, 0.2) is 0 Å². The molecule has 0 amide bonds. The molecule has 0 atom stereocenters. The zero-order chi connectivity index (χ0) is 7.70. The molecule has 0 fully saturated rings. The van der Waals surface area contributed by atoms with E-state index < -0.39 is 5.97 Å². The van der Waals surface area contributed by atoms with E-state index in [1.165, 1.54) is 0 Å². The second-order valence-corrected chi connectivity index (χ2v) is 1.26. The largest absolute Gasteiger partial charge is 0.481 e. The molecule has 0 aliphatic carbocycles. The van der Waals surface area contributed by atoms with Crippen molar-refractivity contribution in [3.8, 4) is 0 Å². The molecule has 0 unspecified atom stereocenters. The van der Waals surface area contributed by atoms with E-state index in [0.29, 0.717) is 6.42 Å². The molecule has 0 bridgehead atoms. The van der Waals surface area contributed by atoms with Crippen LogP contribution in [0.2, 0.25) is 0 Å². The molecule has 0 saturated heterocycles. The lowest BCUT2D eigenvalue weighted by Gasteiger charge is -1.79. The fourth-order valence-electron chi connectivity index (χ4n) is 0.214. The molecule has 0 aromatic rings. The quantitative estimate of drug-likeness (QED) is 0.385. The first-order chi connectivity index (χ1) is 4.18. The Kier molecular flexibility index (Phi) is 11.8. The van der Waals surface area contributed by atoms with Crippen LogP contribution in [0.5, 0.6) is 0 Å². The molecule has 0 radical (unpaired) electrons. The summed E-state index contributed by atoms with van der Waals surface area (Å²) < 4.78 is 0. The van der Waals surface area contributed by atoms with Gasteiger partial charge in [0.25, 0.3) is 0 Å². The number of rotatable bonds is 2. The van der Waals surface area contributed by atoms with Gasteiger partial charge in [-0.25, -0.2) is 0 Å². The zero-order valence-corrected chi connectivity index (χ0v) is 5.22. The predicted octanol–water partition coefficient (Wildman–Crippen LogP) is 0.987. The lowest BCUT2D eigenvalue weighted by atomic mass is 10.4. The van der Waals surface area contributed by atoms with E-state index in [1.54, 1.807) is 0 Å². The molecule has 0 aliphatic heterocycles. The minimum Gasteiger partial charge on any atom is -0.481 e. The van der Waals surface area contributed by atoms with Crippen molar-refractivity contribution in [3.05, 3.63) is 0 Å². The molecule has 9 heavy (non-hydrogen) atoms. The van der Waals surface area contributed by atoms with Crippen LogP contribution in [0.3, 0.4) is 0 Å². The molecule has 0 spiro atoms. The molecule has 5 heteroatoms. The number of hydrogen-bond acceptors (Lipinski definition) is 3. The minimum absolute atomic E-state index is 0.292. The summed E-state index contributed by atoms with van der Waals surface area (Å²) in [5, 5.41) is 7.91. The van der Waals surface area contributed by atoms with Crippen LogP contribution >= 0.6 is 0 Å². The van der Waals surface area contributed by atoms with E-state index in [9.17, 15) is 4.79 Å². The highest BCUT2D eigenvalue weighted by Gasteiger charge is 1.87. The molecule has 0 aromatic carbocycles. The second kappa shape index (κ2) is 9.91. The molecule has 0 aromatic heterocycles. The third-order valence-electron chi connectivity index (χ3n) is 0.464. The molecular weight excluding hydrogens is 122 g/mol. The number of carbonyl (C=O) groups is 1. The third-order valence-corrected chi connectivity index (χ3v) is 0.464. The topological polar surface area (TPSA) is 99.1 Å². The molecule has 52 valence electrons. The summed E-state index contributed by atoms with van der Waals surface area (Å²) >= 11 is 0. The lowest BCUT2D eigenvalue weighted by molar-refractivity contribution is -0.137. The fraction of sp³-hybridized carbons (Fsp3) is 0.750. The van der Waals surface area contributed by atoms with Crippen molar-refractivity contribution in [2.24, 2.45) is 0 Å². The van der Waals surface area contributed by atoms with Gasteiger partial charge in [-0.3, -0.25) is 4.79 Å². The highest BCUT2D eigenvalue weighted by atomic mass is 16.4. The molecule has 0 rings (SSSR count). The summed E-state index contributed by atoms with van der Waals surface area (Å²) in [6.45, 7) is 1.84. The van der Waals surface area contributed by atoms with Crippen molar-refractivity contribution in [2.75, 3.05) is 0 Å². The van der Waals surface area contributed by atoms with Crippen LogP contribution < -0.4 is 4.91 Å². The maximum atomic E-state index is 9.60. The van der Waals surface area contributed by atoms with Gasteiger partial charge in [-0.05, 0) is 6.42 Å². The Morgan fingerprint density at radius 2 is 2.00 bits per heavy atom. The van der Waals surface area contributed by atoms with Gasteiger partial charge in [0, 0.05) is 6.42 Å². The van der Waals surface area contributed by atoms with E-state index in [2.05, 4.69) is 0 Å². The first-order valence-corrected chi connectivity index (χ1v) is 2.44. The standard InChI is InChI=1S/C4H8O2.H2N3/c1-2-3-4(5)6;1-3-2/h2-3H2,1H3,(H,5,6);1-2H/q;+1. The monoisotopic (exact) mass is 132 g/mol. The van der Waals surface area contributed by atoms with E-state index in [4.69, 9.17) is 16.2 Å². The van der Waals surface area contributed by atoms with Gasteiger partial charge in [0.15, 0.2) is 0 Å². The Bertz CT molecular complexity index is 106.